The van der Waals surface area contributed by atoms with E-state index in [-0.39, 0.29) is 17.4 Å². The number of aromatic nitrogens is 2. The Morgan fingerprint density at radius 2 is 1.53 bits per heavy atom. The second-order valence-corrected chi connectivity index (χ2v) is 7.33. The summed E-state index contributed by atoms with van der Waals surface area (Å²) in [6, 6.07) is 19.0. The van der Waals surface area contributed by atoms with Crippen LogP contribution in [0.4, 0.5) is 0 Å². The van der Waals surface area contributed by atoms with Crippen LogP contribution in [0.15, 0.2) is 70.3 Å². The second-order valence-electron chi connectivity index (χ2n) is 7.33. The molecule has 3 heterocycles. The molecule has 0 spiro atoms. The summed E-state index contributed by atoms with van der Waals surface area (Å²) in [6.45, 7) is 5.54. The maximum absolute atomic E-state index is 12.1. The number of fused-ring (bicyclic) bond motifs is 2. The highest BCUT2D eigenvalue weighted by atomic mass is 16.7. The first kappa shape index (κ1) is 20.1. The van der Waals surface area contributed by atoms with Crippen LogP contribution in [0.2, 0.25) is 0 Å². The summed E-state index contributed by atoms with van der Waals surface area (Å²) >= 11 is 0. The molecule has 4 aromatic rings. The van der Waals surface area contributed by atoms with Gasteiger partial charge in [0.2, 0.25) is 5.56 Å². The first-order valence-corrected chi connectivity index (χ1v) is 9.94. The Morgan fingerprint density at radius 1 is 0.900 bits per heavy atom. The molecule has 0 atom stereocenters. The van der Waals surface area contributed by atoms with E-state index in [0.29, 0.717) is 19.8 Å². The molecule has 2 aromatic heterocycles. The molecule has 0 amide bonds. The molecule has 154 valence electrons. The number of para-hydroxylation sites is 2. The molecular formula is C24H24N2O4. The summed E-state index contributed by atoms with van der Waals surface area (Å²) in [5.74, 6) is 0. The first-order valence-electron chi connectivity index (χ1n) is 9.94. The molecule has 6 nitrogen and oxygen atoms in total. The number of hydrogen-bond donors (Lipinski definition) is 1. The van der Waals surface area contributed by atoms with Crippen LogP contribution in [0.1, 0.15) is 11.1 Å². The molecule has 1 aliphatic rings. The number of benzene rings is 2. The molecule has 0 saturated carbocycles. The Labute approximate surface area is 173 Å². The van der Waals surface area contributed by atoms with E-state index in [0.717, 1.165) is 32.9 Å². The van der Waals surface area contributed by atoms with Crippen LogP contribution >= 0.6 is 0 Å². The van der Waals surface area contributed by atoms with Crippen molar-refractivity contribution in [2.24, 2.45) is 0 Å². The molecule has 2 aromatic carbocycles. The van der Waals surface area contributed by atoms with Crippen LogP contribution in [0.5, 0.6) is 0 Å². The third kappa shape index (κ3) is 4.20. The van der Waals surface area contributed by atoms with Gasteiger partial charge in [-0.05, 0) is 37.1 Å². The fraction of sp³-hybridized carbons (Fsp3) is 0.250. The van der Waals surface area contributed by atoms with Crippen molar-refractivity contribution in [2.45, 2.75) is 26.7 Å². The van der Waals surface area contributed by atoms with Crippen LogP contribution in [0, 0.1) is 13.8 Å². The van der Waals surface area contributed by atoms with Crippen molar-refractivity contribution in [1.82, 2.24) is 9.55 Å². The number of rotatable bonds is 2. The lowest BCUT2D eigenvalue weighted by atomic mass is 10.1. The van der Waals surface area contributed by atoms with Gasteiger partial charge in [-0.1, -0.05) is 36.4 Å². The molecule has 0 aliphatic carbocycles. The van der Waals surface area contributed by atoms with Crippen LogP contribution in [-0.4, -0.2) is 29.1 Å². The Morgan fingerprint density at radius 3 is 2.30 bits per heavy atom. The van der Waals surface area contributed by atoms with Crippen LogP contribution < -0.4 is 11.1 Å². The zero-order valence-corrected chi connectivity index (χ0v) is 17.1. The van der Waals surface area contributed by atoms with Gasteiger partial charge in [0.1, 0.15) is 0 Å². The second kappa shape index (κ2) is 8.65. The van der Waals surface area contributed by atoms with Gasteiger partial charge in [-0.15, -0.1) is 0 Å². The van der Waals surface area contributed by atoms with E-state index in [2.05, 4.69) is 4.98 Å². The maximum atomic E-state index is 12.1. The van der Waals surface area contributed by atoms with E-state index in [1.165, 1.54) is 0 Å². The lowest BCUT2D eigenvalue weighted by molar-refractivity contribution is -0.0522. The van der Waals surface area contributed by atoms with Gasteiger partial charge < -0.3 is 19.0 Å². The summed E-state index contributed by atoms with van der Waals surface area (Å²) in [4.78, 5) is 25.9. The molecule has 1 saturated heterocycles. The monoisotopic (exact) mass is 404 g/mol. The zero-order chi connectivity index (χ0) is 21.1. The van der Waals surface area contributed by atoms with Crippen LogP contribution in [0.3, 0.4) is 0 Å². The van der Waals surface area contributed by atoms with Gasteiger partial charge in [0.15, 0.2) is 6.29 Å². The van der Waals surface area contributed by atoms with Crippen molar-refractivity contribution in [1.29, 1.82) is 0 Å². The summed E-state index contributed by atoms with van der Waals surface area (Å²) in [6.07, 6.45) is -0.311. The number of ether oxygens (including phenoxy) is 2. The lowest BCUT2D eigenvalue weighted by Gasteiger charge is -2.15. The van der Waals surface area contributed by atoms with Gasteiger partial charge in [-0.2, -0.15) is 0 Å². The molecule has 0 radical (unpaired) electrons. The Bertz CT molecular complexity index is 1300. The quantitative estimate of drug-likeness (QED) is 0.555. The van der Waals surface area contributed by atoms with Crippen LogP contribution in [-0.2, 0) is 16.0 Å². The number of nitrogens with zero attached hydrogens (tertiary/aromatic N) is 1. The number of aromatic amines is 1. The third-order valence-corrected chi connectivity index (χ3v) is 5.21. The lowest BCUT2D eigenvalue weighted by Crippen LogP contribution is -2.27. The van der Waals surface area contributed by atoms with Crippen molar-refractivity contribution in [3.63, 3.8) is 0 Å². The van der Waals surface area contributed by atoms with Crippen molar-refractivity contribution in [2.75, 3.05) is 13.2 Å². The minimum Gasteiger partial charge on any atom is -0.348 e. The number of nitrogens with one attached hydrogen (secondary N) is 1. The Balaban J connectivity index is 0.000000158. The minimum absolute atomic E-state index is 0.00898. The molecular weight excluding hydrogens is 380 g/mol. The number of aryl methyl sites for hydroxylation is 2. The SMILES string of the molecule is Cc1cc(=O)[nH]c2ccccc12.Cc1cc(=O)n(CC2OCCO2)c2ccccc12. The van der Waals surface area contributed by atoms with E-state index < -0.39 is 0 Å². The summed E-state index contributed by atoms with van der Waals surface area (Å²) in [7, 11) is 0. The van der Waals surface area contributed by atoms with E-state index in [4.69, 9.17) is 9.47 Å². The summed E-state index contributed by atoms with van der Waals surface area (Å²) < 4.78 is 12.5. The third-order valence-electron chi connectivity index (χ3n) is 5.21. The number of hydrogen-bond acceptors (Lipinski definition) is 4. The average Bonchev–Trinajstić information content (AvgIpc) is 3.25. The van der Waals surface area contributed by atoms with Gasteiger partial charge >= 0.3 is 0 Å². The van der Waals surface area contributed by atoms with E-state index >= 15 is 0 Å². The van der Waals surface area contributed by atoms with Crippen molar-refractivity contribution < 1.29 is 9.47 Å². The van der Waals surface area contributed by atoms with Gasteiger partial charge in [-0.25, -0.2) is 0 Å². The predicted molar refractivity (Wildman–Crippen MR) is 118 cm³/mol. The summed E-state index contributed by atoms with van der Waals surface area (Å²) in [5, 5.41) is 2.20. The fourth-order valence-corrected chi connectivity index (χ4v) is 3.73. The average molecular weight is 404 g/mol. The van der Waals surface area contributed by atoms with Crippen LogP contribution in [0.25, 0.3) is 21.8 Å². The predicted octanol–water partition coefficient (Wildman–Crippen LogP) is 3.52. The topological polar surface area (TPSA) is 73.3 Å². The molecule has 0 bridgehead atoms. The van der Waals surface area contributed by atoms with Gasteiger partial charge in [-0.3, -0.25) is 9.59 Å². The van der Waals surface area contributed by atoms with Gasteiger partial charge in [0.25, 0.3) is 5.56 Å². The highest BCUT2D eigenvalue weighted by Gasteiger charge is 2.18. The highest BCUT2D eigenvalue weighted by molar-refractivity contribution is 5.82. The Kier molecular flexibility index (Phi) is 5.79. The standard InChI is InChI=1S/C14H15NO3.C10H9NO/c1-10-8-13(16)15(9-14-17-6-7-18-14)12-5-3-2-4-11(10)12;1-7-6-10(12)11-9-5-3-2-4-8(7)9/h2-5,8,14H,6-7,9H2,1H3;2-6H,1H3,(H,11,12). The molecule has 1 N–H and O–H groups in total. The molecule has 6 heteroatoms. The molecule has 30 heavy (non-hydrogen) atoms. The van der Waals surface area contributed by atoms with Gasteiger partial charge in [0.05, 0.1) is 25.3 Å². The van der Waals surface area contributed by atoms with Crippen molar-refractivity contribution >= 4 is 21.8 Å². The smallest absolute Gasteiger partial charge is 0.251 e. The minimum atomic E-state index is -0.311. The zero-order valence-electron chi connectivity index (χ0n) is 17.1. The first-order chi connectivity index (χ1) is 14.5. The molecule has 1 aliphatic heterocycles. The maximum Gasteiger partial charge on any atom is 0.251 e. The van der Waals surface area contributed by atoms with Gasteiger partial charge in [0, 0.05) is 28.4 Å². The molecule has 1 fully saturated rings. The number of pyridine rings is 2. The number of H-pyrrole nitrogens is 1. The largest absolute Gasteiger partial charge is 0.348 e. The normalized spacial score (nSPS) is 14.1. The van der Waals surface area contributed by atoms with E-state index in [1.807, 2.05) is 62.4 Å². The van der Waals surface area contributed by atoms with Crippen molar-refractivity contribution in [3.05, 3.63) is 92.5 Å². The fourth-order valence-electron chi connectivity index (χ4n) is 3.73. The summed E-state index contributed by atoms with van der Waals surface area (Å²) in [5.41, 5.74) is 3.81. The van der Waals surface area contributed by atoms with E-state index in [1.54, 1.807) is 16.7 Å². The Hall–Kier alpha value is -3.22. The highest BCUT2D eigenvalue weighted by Crippen LogP contribution is 2.17. The molecule has 5 rings (SSSR count). The molecule has 0 unspecified atom stereocenters. The van der Waals surface area contributed by atoms with E-state index in [9.17, 15) is 9.59 Å². The van der Waals surface area contributed by atoms with Crippen molar-refractivity contribution in [3.8, 4) is 0 Å².